The Hall–Kier alpha value is -3.35. The molecule has 2 aromatic carbocycles. The van der Waals surface area contributed by atoms with E-state index < -0.39 is 11.9 Å². The molecule has 31 heavy (non-hydrogen) atoms. The first-order valence-corrected chi connectivity index (χ1v) is 10.5. The van der Waals surface area contributed by atoms with E-state index in [0.717, 1.165) is 18.4 Å². The van der Waals surface area contributed by atoms with Gasteiger partial charge in [-0.2, -0.15) is 0 Å². The fourth-order valence-corrected chi connectivity index (χ4v) is 3.89. The molecule has 3 amide bonds. The highest BCUT2D eigenvalue weighted by Gasteiger charge is 2.47. The van der Waals surface area contributed by atoms with Gasteiger partial charge in [-0.1, -0.05) is 45.0 Å². The number of phenols is 1. The van der Waals surface area contributed by atoms with Crippen molar-refractivity contribution in [3.8, 4) is 5.75 Å². The number of hydrogen-bond acceptors (Lipinski definition) is 4. The lowest BCUT2D eigenvalue weighted by Crippen LogP contribution is -2.42. The molecule has 1 unspecified atom stereocenters. The fourth-order valence-electron chi connectivity index (χ4n) is 3.89. The van der Waals surface area contributed by atoms with Gasteiger partial charge < -0.3 is 20.6 Å². The van der Waals surface area contributed by atoms with E-state index in [0.29, 0.717) is 16.8 Å². The first-order chi connectivity index (χ1) is 14.7. The van der Waals surface area contributed by atoms with E-state index in [9.17, 15) is 19.5 Å². The van der Waals surface area contributed by atoms with Crippen LogP contribution in [-0.2, 0) is 15.0 Å². The molecule has 1 atom stereocenters. The van der Waals surface area contributed by atoms with E-state index in [1.165, 1.54) is 0 Å². The zero-order chi connectivity index (χ0) is 22.3. The fraction of sp³-hybridized carbons (Fsp3) is 0.375. The van der Waals surface area contributed by atoms with E-state index in [-0.39, 0.29) is 35.6 Å². The van der Waals surface area contributed by atoms with Crippen molar-refractivity contribution in [2.45, 2.75) is 51.1 Å². The van der Waals surface area contributed by atoms with Crippen LogP contribution in [0.2, 0.25) is 0 Å². The molecule has 7 heteroatoms. The number of nitrogens with zero attached hydrogens (tertiary/aromatic N) is 1. The predicted octanol–water partition coefficient (Wildman–Crippen LogP) is 3.10. The predicted molar refractivity (Wildman–Crippen MR) is 117 cm³/mol. The molecule has 0 saturated heterocycles. The Morgan fingerprint density at radius 3 is 2.52 bits per heavy atom. The number of rotatable bonds is 5. The van der Waals surface area contributed by atoms with Crippen molar-refractivity contribution in [1.29, 1.82) is 0 Å². The van der Waals surface area contributed by atoms with Crippen molar-refractivity contribution in [3.63, 3.8) is 0 Å². The van der Waals surface area contributed by atoms with Crippen LogP contribution in [0.4, 0.5) is 5.69 Å². The normalized spacial score (nSPS) is 18.0. The number of carbonyl (C=O) groups excluding carboxylic acids is 3. The second kappa shape index (κ2) is 7.72. The molecule has 1 aliphatic heterocycles. The van der Waals surface area contributed by atoms with Gasteiger partial charge >= 0.3 is 0 Å². The molecule has 7 nitrogen and oxygen atoms in total. The van der Waals surface area contributed by atoms with Gasteiger partial charge in [0.2, 0.25) is 11.8 Å². The maximum Gasteiger partial charge on any atom is 0.255 e. The molecule has 1 fully saturated rings. The summed E-state index contributed by atoms with van der Waals surface area (Å²) in [6, 6.07) is 11.6. The van der Waals surface area contributed by atoms with E-state index in [1.54, 1.807) is 41.3 Å². The lowest BCUT2D eigenvalue weighted by atomic mass is 9.87. The molecule has 0 aromatic heterocycles. The Kier molecular flexibility index (Phi) is 5.21. The molecule has 162 valence electrons. The van der Waals surface area contributed by atoms with Crippen molar-refractivity contribution in [2.24, 2.45) is 0 Å². The number of aromatic hydroxyl groups is 1. The minimum Gasteiger partial charge on any atom is -0.506 e. The van der Waals surface area contributed by atoms with E-state index >= 15 is 0 Å². The Balaban J connectivity index is 1.44. The zero-order valence-electron chi connectivity index (χ0n) is 17.9. The summed E-state index contributed by atoms with van der Waals surface area (Å²) in [6.45, 7) is 5.86. The molecule has 0 spiro atoms. The van der Waals surface area contributed by atoms with Crippen molar-refractivity contribution >= 4 is 23.4 Å². The minimum atomic E-state index is -0.721. The van der Waals surface area contributed by atoms with Crippen LogP contribution in [0.15, 0.2) is 42.5 Å². The number of amides is 3. The number of hydrogen-bond donors (Lipinski definition) is 3. The molecule has 2 aromatic rings. The third kappa shape index (κ3) is 4.13. The molecule has 0 bridgehead atoms. The average Bonchev–Trinajstić information content (AvgIpc) is 3.51. The Bertz CT molecular complexity index is 1050. The van der Waals surface area contributed by atoms with Crippen molar-refractivity contribution in [3.05, 3.63) is 59.2 Å². The van der Waals surface area contributed by atoms with Gasteiger partial charge in [0.1, 0.15) is 11.8 Å². The molecule has 1 heterocycles. The van der Waals surface area contributed by atoms with Gasteiger partial charge in [-0.05, 0) is 47.6 Å². The molecule has 1 saturated carbocycles. The topological polar surface area (TPSA) is 98.7 Å². The Labute approximate surface area is 181 Å². The molecule has 4 rings (SSSR count). The van der Waals surface area contributed by atoms with Crippen LogP contribution in [0.1, 0.15) is 61.1 Å². The van der Waals surface area contributed by atoms with Crippen molar-refractivity contribution < 1.29 is 19.5 Å². The second-order valence-corrected chi connectivity index (χ2v) is 9.18. The highest BCUT2D eigenvalue weighted by atomic mass is 16.3. The van der Waals surface area contributed by atoms with Gasteiger partial charge in [0.15, 0.2) is 0 Å². The van der Waals surface area contributed by atoms with Gasteiger partial charge in [-0.15, -0.1) is 0 Å². The first-order valence-electron chi connectivity index (χ1n) is 10.5. The summed E-state index contributed by atoms with van der Waals surface area (Å²) in [5.41, 5.74) is 2.34. The SMILES string of the molecule is CC(C)(C)c1ccc(O)c(NC(=O)CNC(=O)C2c3ccccc3C(=O)N2C2CC2)c1. The number of carbonyl (C=O) groups is 3. The third-order valence-electron chi connectivity index (χ3n) is 5.75. The van der Waals surface area contributed by atoms with Gasteiger partial charge in [0.05, 0.1) is 12.2 Å². The summed E-state index contributed by atoms with van der Waals surface area (Å²) in [4.78, 5) is 39.8. The smallest absolute Gasteiger partial charge is 0.255 e. The van der Waals surface area contributed by atoms with Gasteiger partial charge in [-0.3, -0.25) is 14.4 Å². The van der Waals surface area contributed by atoms with E-state index in [2.05, 4.69) is 10.6 Å². The molecule has 3 N–H and O–H groups in total. The zero-order valence-corrected chi connectivity index (χ0v) is 17.9. The highest BCUT2D eigenvalue weighted by molar-refractivity contribution is 6.05. The highest BCUT2D eigenvalue weighted by Crippen LogP contribution is 2.41. The Morgan fingerprint density at radius 1 is 1.13 bits per heavy atom. The maximum atomic E-state index is 13.0. The standard InChI is InChI=1S/C24H27N3O4/c1-24(2,3)14-8-11-19(28)18(12-14)26-20(29)13-25-22(30)21-16-6-4-5-7-17(16)23(31)27(21)15-9-10-15/h4-8,11-12,15,21,28H,9-10,13H2,1-3H3,(H,25,30)(H,26,29). The van der Waals surface area contributed by atoms with Crippen molar-refractivity contribution in [2.75, 3.05) is 11.9 Å². The van der Waals surface area contributed by atoms with Gasteiger partial charge in [0, 0.05) is 11.6 Å². The van der Waals surface area contributed by atoms with Crippen LogP contribution in [-0.4, -0.2) is 40.3 Å². The maximum absolute atomic E-state index is 13.0. The number of fused-ring (bicyclic) bond motifs is 1. The van der Waals surface area contributed by atoms with Gasteiger partial charge in [0.25, 0.3) is 5.91 Å². The summed E-state index contributed by atoms with van der Waals surface area (Å²) in [5.74, 6) is -1.01. The van der Waals surface area contributed by atoms with Crippen LogP contribution in [0.5, 0.6) is 5.75 Å². The molecule has 1 aliphatic carbocycles. The van der Waals surface area contributed by atoms with E-state index in [4.69, 9.17) is 0 Å². The molecular formula is C24H27N3O4. The third-order valence-corrected chi connectivity index (χ3v) is 5.75. The average molecular weight is 421 g/mol. The number of nitrogens with one attached hydrogen (secondary N) is 2. The number of phenolic OH excluding ortho intramolecular Hbond substituents is 1. The molecule has 0 radical (unpaired) electrons. The second-order valence-electron chi connectivity index (χ2n) is 9.18. The molecule has 2 aliphatic rings. The quantitative estimate of drug-likeness (QED) is 0.646. The Morgan fingerprint density at radius 2 is 1.84 bits per heavy atom. The van der Waals surface area contributed by atoms with E-state index in [1.807, 2.05) is 26.8 Å². The summed E-state index contributed by atoms with van der Waals surface area (Å²) < 4.78 is 0. The lowest BCUT2D eigenvalue weighted by molar-refractivity contribution is -0.127. The van der Waals surface area contributed by atoms with Crippen LogP contribution < -0.4 is 10.6 Å². The molecular weight excluding hydrogens is 394 g/mol. The van der Waals surface area contributed by atoms with Crippen LogP contribution in [0, 0.1) is 0 Å². The number of anilines is 1. The van der Waals surface area contributed by atoms with Crippen LogP contribution >= 0.6 is 0 Å². The monoisotopic (exact) mass is 421 g/mol. The summed E-state index contributed by atoms with van der Waals surface area (Å²) in [7, 11) is 0. The number of benzene rings is 2. The lowest BCUT2D eigenvalue weighted by Gasteiger charge is -2.24. The summed E-state index contributed by atoms with van der Waals surface area (Å²) in [5, 5.41) is 15.4. The van der Waals surface area contributed by atoms with Gasteiger partial charge in [-0.25, -0.2) is 0 Å². The summed E-state index contributed by atoms with van der Waals surface area (Å²) >= 11 is 0. The van der Waals surface area contributed by atoms with Crippen LogP contribution in [0.25, 0.3) is 0 Å². The first kappa shape index (κ1) is 20.9. The van der Waals surface area contributed by atoms with Crippen molar-refractivity contribution in [1.82, 2.24) is 10.2 Å². The summed E-state index contributed by atoms with van der Waals surface area (Å²) in [6.07, 6.45) is 1.76. The van der Waals surface area contributed by atoms with Crippen LogP contribution in [0.3, 0.4) is 0 Å². The largest absolute Gasteiger partial charge is 0.506 e. The minimum absolute atomic E-state index is 0.0390.